The lowest BCUT2D eigenvalue weighted by atomic mass is 9.97. The third kappa shape index (κ3) is 3.65. The molecule has 0 saturated carbocycles. The van der Waals surface area contributed by atoms with Crippen molar-refractivity contribution in [1.82, 2.24) is 0 Å². The average molecular weight is 342 g/mol. The van der Waals surface area contributed by atoms with Crippen molar-refractivity contribution >= 4 is 0 Å². The van der Waals surface area contributed by atoms with E-state index >= 15 is 0 Å². The first-order valence-electron chi connectivity index (χ1n) is 7.08. The molecule has 0 spiro atoms. The average Bonchev–Trinajstić information content (AvgIpc) is 2.55. The smallest absolute Gasteiger partial charge is 0.187 e. The van der Waals surface area contributed by atoms with Crippen molar-refractivity contribution in [3.05, 3.63) is 0 Å². The van der Waals surface area contributed by atoms with Crippen LogP contribution in [0.15, 0.2) is 0 Å². The highest BCUT2D eigenvalue weighted by molar-refractivity contribution is 4.93. The van der Waals surface area contributed by atoms with Gasteiger partial charge in [-0.3, -0.25) is 0 Å². The maximum Gasteiger partial charge on any atom is 0.187 e. The minimum Gasteiger partial charge on any atom is -0.394 e. The Bertz CT molecular complexity index is 378. The maximum absolute atomic E-state index is 9.94. The van der Waals surface area contributed by atoms with Gasteiger partial charge in [0.25, 0.3) is 0 Å². The predicted molar refractivity (Wildman–Crippen MR) is 68.6 cm³/mol. The zero-order valence-corrected chi connectivity index (χ0v) is 12.0. The number of ether oxygens (including phenoxy) is 3. The molecule has 8 N–H and O–H groups in total. The van der Waals surface area contributed by atoms with Gasteiger partial charge in [0.2, 0.25) is 0 Å². The van der Waals surface area contributed by atoms with Crippen LogP contribution >= 0.6 is 0 Å². The zero-order chi connectivity index (χ0) is 17.3. The second-order valence-corrected chi connectivity index (χ2v) is 5.53. The normalized spacial score (nSPS) is 51.7. The van der Waals surface area contributed by atoms with Crippen LogP contribution in [0.3, 0.4) is 0 Å². The van der Waals surface area contributed by atoms with Crippen molar-refractivity contribution in [1.29, 1.82) is 0 Å². The molecule has 23 heavy (non-hydrogen) atoms. The summed E-state index contributed by atoms with van der Waals surface area (Å²) in [5, 5.41) is 76.5. The van der Waals surface area contributed by atoms with E-state index in [1.807, 2.05) is 0 Å². The summed E-state index contributed by atoms with van der Waals surface area (Å²) in [7, 11) is 0. The summed E-state index contributed by atoms with van der Waals surface area (Å²) in [6.07, 6.45) is -15.6. The zero-order valence-electron chi connectivity index (χ0n) is 12.0. The maximum atomic E-state index is 9.94. The molecule has 0 amide bonds. The summed E-state index contributed by atoms with van der Waals surface area (Å²) in [6, 6.07) is 0. The molecule has 11 heteroatoms. The Morgan fingerprint density at radius 1 is 0.652 bits per heavy atom. The highest BCUT2D eigenvalue weighted by Crippen LogP contribution is 2.28. The van der Waals surface area contributed by atoms with E-state index in [-0.39, 0.29) is 0 Å². The Labute approximate surface area is 130 Å². The van der Waals surface area contributed by atoms with E-state index in [1.165, 1.54) is 0 Å². The largest absolute Gasteiger partial charge is 0.394 e. The Hall–Kier alpha value is -0.440. The highest BCUT2D eigenvalue weighted by atomic mass is 16.7. The molecule has 0 aromatic heterocycles. The molecule has 136 valence electrons. The van der Waals surface area contributed by atoms with Crippen LogP contribution in [0.5, 0.6) is 0 Å². The fourth-order valence-corrected chi connectivity index (χ4v) is 2.57. The molecule has 2 aliphatic heterocycles. The minimum absolute atomic E-state index is 0.667. The standard InChI is InChI=1S/C12H22O11/c13-1-3-5(15)6(16)9(19)12(22-3)23-10-4(2-14)21-11(20)8(18)7(10)17/h3-20H,1-2H2/t3-,4+,5+,6-,7-,8-,9-,10+,11+,12+/m0/s1. The Balaban J connectivity index is 2.11. The lowest BCUT2D eigenvalue weighted by molar-refractivity contribution is -0.355. The molecule has 2 heterocycles. The van der Waals surface area contributed by atoms with Gasteiger partial charge in [-0.05, 0) is 0 Å². The molecule has 11 nitrogen and oxygen atoms in total. The van der Waals surface area contributed by atoms with Crippen molar-refractivity contribution in [3.63, 3.8) is 0 Å². The van der Waals surface area contributed by atoms with E-state index in [0.717, 1.165) is 0 Å². The van der Waals surface area contributed by atoms with Crippen LogP contribution < -0.4 is 0 Å². The first kappa shape index (κ1) is 18.9. The first-order chi connectivity index (χ1) is 10.8. The van der Waals surface area contributed by atoms with Gasteiger partial charge in [0.05, 0.1) is 13.2 Å². The number of aliphatic hydroxyl groups excluding tert-OH is 8. The van der Waals surface area contributed by atoms with Crippen molar-refractivity contribution in [2.75, 3.05) is 13.2 Å². The van der Waals surface area contributed by atoms with Crippen molar-refractivity contribution in [2.24, 2.45) is 0 Å². The lowest BCUT2D eigenvalue weighted by Crippen LogP contribution is -2.64. The predicted octanol–water partition coefficient (Wildman–Crippen LogP) is -5.40. The van der Waals surface area contributed by atoms with Crippen molar-refractivity contribution in [3.8, 4) is 0 Å². The van der Waals surface area contributed by atoms with Gasteiger partial charge in [-0.25, -0.2) is 0 Å². The number of aliphatic hydroxyl groups is 8. The van der Waals surface area contributed by atoms with Gasteiger partial charge >= 0.3 is 0 Å². The second-order valence-electron chi connectivity index (χ2n) is 5.53. The summed E-state index contributed by atoms with van der Waals surface area (Å²) < 4.78 is 15.3. The van der Waals surface area contributed by atoms with Gasteiger partial charge in [-0.2, -0.15) is 0 Å². The Kier molecular flexibility index (Phi) is 6.27. The molecule has 0 unspecified atom stereocenters. The number of hydrogen-bond donors (Lipinski definition) is 8. The summed E-state index contributed by atoms with van der Waals surface area (Å²) in [5.41, 5.74) is 0. The molecule has 2 rings (SSSR count). The molecule has 0 aromatic rings. The third-order valence-electron chi connectivity index (χ3n) is 3.98. The fourth-order valence-electron chi connectivity index (χ4n) is 2.57. The van der Waals surface area contributed by atoms with Crippen LogP contribution in [0.1, 0.15) is 0 Å². The molecule has 0 radical (unpaired) electrons. The van der Waals surface area contributed by atoms with E-state index in [0.29, 0.717) is 0 Å². The van der Waals surface area contributed by atoms with Crippen LogP contribution in [0.2, 0.25) is 0 Å². The van der Waals surface area contributed by atoms with Gasteiger partial charge in [0.15, 0.2) is 12.6 Å². The van der Waals surface area contributed by atoms with E-state index in [4.69, 9.17) is 19.3 Å². The topological polar surface area (TPSA) is 190 Å². The van der Waals surface area contributed by atoms with E-state index in [1.54, 1.807) is 0 Å². The molecule has 0 aliphatic carbocycles. The monoisotopic (exact) mass is 342 g/mol. The van der Waals surface area contributed by atoms with Crippen molar-refractivity contribution < 1.29 is 55.1 Å². The van der Waals surface area contributed by atoms with E-state index in [9.17, 15) is 35.7 Å². The van der Waals surface area contributed by atoms with Crippen LogP contribution in [0, 0.1) is 0 Å². The summed E-state index contributed by atoms with van der Waals surface area (Å²) in [5.74, 6) is 0. The third-order valence-corrected chi connectivity index (χ3v) is 3.98. The molecule has 10 atom stereocenters. The van der Waals surface area contributed by atoms with Gasteiger partial charge in [-0.15, -0.1) is 0 Å². The Morgan fingerprint density at radius 2 is 1.26 bits per heavy atom. The first-order valence-corrected chi connectivity index (χ1v) is 7.08. The SMILES string of the molecule is OC[C@@H]1O[C@H](O[C@H]2[C@@H](O)[C@H](O)[C@H](O)O[C@@H]2CO)[C@@H](O)[C@@H](O)[C@@H]1O. The van der Waals surface area contributed by atoms with Gasteiger partial charge < -0.3 is 55.1 Å². The molecule has 2 saturated heterocycles. The highest BCUT2D eigenvalue weighted by Gasteiger charge is 2.50. The van der Waals surface area contributed by atoms with Crippen molar-refractivity contribution in [2.45, 2.75) is 61.4 Å². The second kappa shape index (κ2) is 7.63. The summed E-state index contributed by atoms with van der Waals surface area (Å²) >= 11 is 0. The number of rotatable bonds is 4. The van der Waals surface area contributed by atoms with Gasteiger partial charge in [0.1, 0.15) is 48.8 Å². The van der Waals surface area contributed by atoms with Crippen LogP contribution in [-0.4, -0.2) is 115 Å². The molecule has 0 bridgehead atoms. The molecule has 2 fully saturated rings. The van der Waals surface area contributed by atoms with Gasteiger partial charge in [-0.1, -0.05) is 0 Å². The number of hydrogen-bond acceptors (Lipinski definition) is 11. The van der Waals surface area contributed by atoms with E-state index in [2.05, 4.69) is 0 Å². The van der Waals surface area contributed by atoms with Crippen LogP contribution in [-0.2, 0) is 14.2 Å². The summed E-state index contributed by atoms with van der Waals surface area (Å²) in [4.78, 5) is 0. The van der Waals surface area contributed by atoms with Gasteiger partial charge in [0, 0.05) is 0 Å². The van der Waals surface area contributed by atoms with Crippen LogP contribution in [0.25, 0.3) is 0 Å². The quantitative estimate of drug-likeness (QED) is 0.243. The van der Waals surface area contributed by atoms with Crippen LogP contribution in [0.4, 0.5) is 0 Å². The minimum atomic E-state index is -1.74. The lowest BCUT2D eigenvalue weighted by Gasteiger charge is -2.45. The molecule has 0 aromatic carbocycles. The Morgan fingerprint density at radius 3 is 1.83 bits per heavy atom. The summed E-state index contributed by atoms with van der Waals surface area (Å²) in [6.45, 7) is -1.35. The van der Waals surface area contributed by atoms with E-state index < -0.39 is 74.6 Å². The molecular weight excluding hydrogens is 320 g/mol. The molecular formula is C12H22O11. The fraction of sp³-hybridized carbons (Fsp3) is 1.00. The molecule has 2 aliphatic rings.